The molecule has 0 bridgehead atoms. The molecule has 8 nitrogen and oxygen atoms in total. The first-order valence-corrected chi connectivity index (χ1v) is 10.3. The first-order valence-electron chi connectivity index (χ1n) is 10.3. The molecule has 0 atom stereocenters. The number of likely N-dealkylation sites (tertiary alicyclic amines) is 2. The number of hydrogen-bond acceptors (Lipinski definition) is 4. The van der Waals surface area contributed by atoms with E-state index in [9.17, 15) is 14.4 Å². The number of amides is 4. The Balaban J connectivity index is 1.70. The van der Waals surface area contributed by atoms with E-state index >= 15 is 0 Å². The summed E-state index contributed by atoms with van der Waals surface area (Å²) in [5.74, 6) is 0.606. The Hall–Kier alpha value is -1.99. The number of ether oxygens (including phenoxy) is 1. The molecule has 2 rings (SSSR count). The zero-order chi connectivity index (χ0) is 20.9. The van der Waals surface area contributed by atoms with Crippen molar-refractivity contribution < 1.29 is 19.1 Å². The van der Waals surface area contributed by atoms with Crippen molar-refractivity contribution in [1.82, 2.24) is 20.0 Å². The fourth-order valence-corrected chi connectivity index (χ4v) is 3.76. The number of urea groups is 1. The van der Waals surface area contributed by atoms with Crippen molar-refractivity contribution in [3.05, 3.63) is 0 Å². The van der Waals surface area contributed by atoms with Gasteiger partial charge in [-0.25, -0.2) is 9.59 Å². The van der Waals surface area contributed by atoms with E-state index in [1.165, 1.54) is 0 Å². The standard InChI is InChI=1S/C20H36N4O4/c1-20(2,3)28-18(26)21-14-15-6-10-23(11-7-15)17(25)16-8-12-24(13-9-16)19(27)22(4)5/h15-16H,6-14H2,1-5H3,(H,21,26). The van der Waals surface area contributed by atoms with E-state index in [0.29, 0.717) is 25.6 Å². The molecule has 0 unspecified atom stereocenters. The number of rotatable bonds is 3. The van der Waals surface area contributed by atoms with Crippen molar-refractivity contribution in [2.24, 2.45) is 11.8 Å². The minimum atomic E-state index is -0.493. The Morgan fingerprint density at radius 3 is 2.00 bits per heavy atom. The van der Waals surface area contributed by atoms with Gasteiger partial charge < -0.3 is 24.8 Å². The molecule has 160 valence electrons. The summed E-state index contributed by atoms with van der Waals surface area (Å²) in [6.45, 7) is 8.87. The highest BCUT2D eigenvalue weighted by Crippen LogP contribution is 2.24. The maximum Gasteiger partial charge on any atom is 0.407 e. The highest BCUT2D eigenvalue weighted by atomic mass is 16.6. The van der Waals surface area contributed by atoms with Crippen molar-refractivity contribution in [1.29, 1.82) is 0 Å². The van der Waals surface area contributed by atoms with Crippen LogP contribution in [0, 0.1) is 11.8 Å². The predicted molar refractivity (Wildman–Crippen MR) is 107 cm³/mol. The Morgan fingerprint density at radius 2 is 1.50 bits per heavy atom. The molecule has 1 N–H and O–H groups in total. The normalized spacial score (nSPS) is 19.3. The number of carbonyl (C=O) groups excluding carboxylic acids is 3. The van der Waals surface area contributed by atoms with Crippen LogP contribution in [0.5, 0.6) is 0 Å². The van der Waals surface area contributed by atoms with E-state index in [4.69, 9.17) is 4.74 Å². The molecule has 0 radical (unpaired) electrons. The van der Waals surface area contributed by atoms with E-state index in [0.717, 1.165) is 38.8 Å². The summed E-state index contributed by atoms with van der Waals surface area (Å²) in [6.07, 6.45) is 2.86. The van der Waals surface area contributed by atoms with Gasteiger partial charge >= 0.3 is 12.1 Å². The third kappa shape index (κ3) is 6.56. The molecule has 28 heavy (non-hydrogen) atoms. The third-order valence-electron chi connectivity index (χ3n) is 5.36. The van der Waals surface area contributed by atoms with Crippen molar-refractivity contribution in [2.75, 3.05) is 46.8 Å². The lowest BCUT2D eigenvalue weighted by molar-refractivity contribution is -0.138. The van der Waals surface area contributed by atoms with Gasteiger partial charge in [-0.05, 0) is 52.4 Å². The minimum Gasteiger partial charge on any atom is -0.444 e. The molecule has 2 heterocycles. The maximum absolute atomic E-state index is 12.8. The number of alkyl carbamates (subject to hydrolysis) is 1. The minimum absolute atomic E-state index is 0.0163. The van der Waals surface area contributed by atoms with Gasteiger partial charge in [0.1, 0.15) is 5.60 Å². The summed E-state index contributed by atoms with van der Waals surface area (Å²) in [7, 11) is 3.50. The molecule has 4 amide bonds. The van der Waals surface area contributed by atoms with Crippen molar-refractivity contribution in [3.8, 4) is 0 Å². The van der Waals surface area contributed by atoms with Crippen LogP contribution in [0.3, 0.4) is 0 Å². The fourth-order valence-electron chi connectivity index (χ4n) is 3.76. The second kappa shape index (κ2) is 9.47. The van der Waals surface area contributed by atoms with Gasteiger partial charge in [0.05, 0.1) is 0 Å². The molecule has 0 spiro atoms. The van der Waals surface area contributed by atoms with Gasteiger partial charge in [-0.1, -0.05) is 0 Å². The summed E-state index contributed by atoms with van der Waals surface area (Å²) in [5, 5.41) is 2.83. The summed E-state index contributed by atoms with van der Waals surface area (Å²) >= 11 is 0. The molecule has 2 aliphatic heterocycles. The van der Waals surface area contributed by atoms with Crippen molar-refractivity contribution in [2.45, 2.75) is 52.1 Å². The van der Waals surface area contributed by atoms with Crippen LogP contribution >= 0.6 is 0 Å². The molecule has 0 saturated carbocycles. The average Bonchev–Trinajstić information content (AvgIpc) is 2.64. The smallest absolute Gasteiger partial charge is 0.407 e. The summed E-state index contributed by atoms with van der Waals surface area (Å²) in [6, 6.07) is 0.0178. The summed E-state index contributed by atoms with van der Waals surface area (Å²) < 4.78 is 5.26. The van der Waals surface area contributed by atoms with Gasteiger partial charge in [-0.2, -0.15) is 0 Å². The van der Waals surface area contributed by atoms with E-state index < -0.39 is 5.60 Å². The van der Waals surface area contributed by atoms with Crippen LogP contribution in [-0.2, 0) is 9.53 Å². The van der Waals surface area contributed by atoms with Gasteiger partial charge in [0.25, 0.3) is 0 Å². The molecule has 2 saturated heterocycles. The Labute approximate surface area is 168 Å². The van der Waals surface area contributed by atoms with Crippen molar-refractivity contribution >= 4 is 18.0 Å². The van der Waals surface area contributed by atoms with Crippen LogP contribution in [0.15, 0.2) is 0 Å². The maximum atomic E-state index is 12.8. The van der Waals surface area contributed by atoms with E-state index in [2.05, 4.69) is 5.32 Å². The first kappa shape index (κ1) is 22.3. The second-order valence-corrected chi connectivity index (χ2v) is 9.09. The van der Waals surface area contributed by atoms with E-state index in [-0.39, 0.29) is 23.9 Å². The quantitative estimate of drug-likeness (QED) is 0.792. The molecular weight excluding hydrogens is 360 g/mol. The van der Waals surface area contributed by atoms with Crippen molar-refractivity contribution in [3.63, 3.8) is 0 Å². The van der Waals surface area contributed by atoms with E-state index in [1.54, 1.807) is 19.0 Å². The topological polar surface area (TPSA) is 82.2 Å². The van der Waals surface area contributed by atoms with Crippen LogP contribution in [0.4, 0.5) is 9.59 Å². The summed E-state index contributed by atoms with van der Waals surface area (Å²) in [5.41, 5.74) is -0.493. The zero-order valence-corrected chi connectivity index (χ0v) is 18.0. The monoisotopic (exact) mass is 396 g/mol. The number of nitrogens with zero attached hydrogens (tertiary/aromatic N) is 3. The SMILES string of the molecule is CN(C)C(=O)N1CCC(C(=O)N2CCC(CNC(=O)OC(C)(C)C)CC2)CC1. The Morgan fingerprint density at radius 1 is 0.964 bits per heavy atom. The average molecular weight is 397 g/mol. The van der Waals surface area contributed by atoms with Gasteiger partial charge in [0.15, 0.2) is 0 Å². The Bertz CT molecular complexity index is 557. The van der Waals surface area contributed by atoms with Crippen LogP contribution in [0.25, 0.3) is 0 Å². The highest BCUT2D eigenvalue weighted by Gasteiger charge is 2.32. The van der Waals surface area contributed by atoms with Gasteiger partial charge in [0, 0.05) is 52.7 Å². The first-order chi connectivity index (χ1) is 13.1. The third-order valence-corrected chi connectivity index (χ3v) is 5.36. The Kier molecular flexibility index (Phi) is 7.55. The predicted octanol–water partition coefficient (Wildman–Crippen LogP) is 2.14. The van der Waals surface area contributed by atoms with E-state index in [1.807, 2.05) is 30.6 Å². The lowest BCUT2D eigenvalue weighted by atomic mass is 9.92. The molecule has 0 aliphatic carbocycles. The van der Waals surface area contributed by atoms with Crippen LogP contribution in [0.1, 0.15) is 46.5 Å². The van der Waals surface area contributed by atoms with Crippen LogP contribution in [-0.4, -0.2) is 85.2 Å². The number of hydrogen-bond donors (Lipinski definition) is 1. The van der Waals surface area contributed by atoms with Gasteiger partial charge in [-0.15, -0.1) is 0 Å². The molecule has 0 aromatic heterocycles. The molecule has 0 aromatic carbocycles. The van der Waals surface area contributed by atoms with Crippen LogP contribution < -0.4 is 5.32 Å². The number of carbonyl (C=O) groups is 3. The van der Waals surface area contributed by atoms with Gasteiger partial charge in [-0.3, -0.25) is 4.79 Å². The lowest BCUT2D eigenvalue weighted by Crippen LogP contribution is -2.49. The number of piperidine rings is 2. The molecule has 8 heteroatoms. The second-order valence-electron chi connectivity index (χ2n) is 9.09. The molecule has 0 aromatic rings. The number of nitrogens with one attached hydrogen (secondary N) is 1. The highest BCUT2D eigenvalue weighted by molar-refractivity contribution is 5.80. The molecular formula is C20H36N4O4. The molecule has 2 fully saturated rings. The largest absolute Gasteiger partial charge is 0.444 e. The van der Waals surface area contributed by atoms with Gasteiger partial charge in [0.2, 0.25) is 5.91 Å². The lowest BCUT2D eigenvalue weighted by Gasteiger charge is -2.37. The summed E-state index contributed by atoms with van der Waals surface area (Å²) in [4.78, 5) is 42.0. The fraction of sp³-hybridized carbons (Fsp3) is 0.850. The van der Waals surface area contributed by atoms with Crippen LogP contribution in [0.2, 0.25) is 0 Å². The zero-order valence-electron chi connectivity index (χ0n) is 18.0. The molecule has 2 aliphatic rings.